The van der Waals surface area contributed by atoms with Crippen LogP contribution in [0.4, 0.5) is 5.69 Å². The Kier molecular flexibility index (Phi) is 5.97. The van der Waals surface area contributed by atoms with Crippen LogP contribution in [-0.2, 0) is 14.1 Å². The van der Waals surface area contributed by atoms with Gasteiger partial charge in [0.05, 0.1) is 21.9 Å². The van der Waals surface area contributed by atoms with Gasteiger partial charge in [-0.05, 0) is 69.9 Å². The van der Waals surface area contributed by atoms with E-state index in [9.17, 15) is 9.90 Å². The van der Waals surface area contributed by atoms with Crippen LogP contribution >= 0.6 is 11.6 Å². The maximum absolute atomic E-state index is 11.2. The van der Waals surface area contributed by atoms with Gasteiger partial charge < -0.3 is 19.7 Å². The van der Waals surface area contributed by atoms with Crippen molar-refractivity contribution in [3.05, 3.63) is 58.9 Å². The van der Waals surface area contributed by atoms with Gasteiger partial charge in [-0.1, -0.05) is 23.7 Å². The summed E-state index contributed by atoms with van der Waals surface area (Å²) in [6.45, 7) is 9.98. The van der Waals surface area contributed by atoms with Gasteiger partial charge in [0.15, 0.2) is 0 Å². The molecule has 29 heavy (non-hydrogen) atoms. The van der Waals surface area contributed by atoms with Crippen molar-refractivity contribution >= 4 is 36.3 Å². The first-order valence-electron chi connectivity index (χ1n) is 9.45. The van der Waals surface area contributed by atoms with E-state index in [1.165, 1.54) is 11.0 Å². The van der Waals surface area contributed by atoms with E-state index in [4.69, 9.17) is 20.9 Å². The maximum Gasteiger partial charge on any atom is 0.495 e. The molecular formula is C21H26BClN2O4. The Morgan fingerprint density at radius 2 is 1.90 bits per heavy atom. The van der Waals surface area contributed by atoms with Gasteiger partial charge in [-0.25, -0.2) is 0 Å². The number of carbonyl (C=O) groups is 1. The van der Waals surface area contributed by atoms with Crippen molar-refractivity contribution in [1.82, 2.24) is 4.90 Å². The molecule has 1 amide bonds. The predicted molar refractivity (Wildman–Crippen MR) is 116 cm³/mol. The molecule has 1 aromatic rings. The quantitative estimate of drug-likeness (QED) is 0.439. The number of carbonyl (C=O) groups excluding carboxylic acids is 1. The number of hydrogen-bond donors (Lipinski definition) is 2. The number of aliphatic hydroxyl groups is 1. The van der Waals surface area contributed by atoms with Gasteiger partial charge >= 0.3 is 7.12 Å². The third-order valence-corrected chi connectivity index (χ3v) is 5.95. The molecule has 0 unspecified atom stereocenters. The SMILES string of the molecule is Cc1c(N[C@H](O)/C=C2/C(Cl)=CC=CN2C=O)cccc1B1OC(C)(C)C(C)(C)O1. The molecule has 0 spiro atoms. The van der Waals surface area contributed by atoms with Crippen LogP contribution in [0.15, 0.2) is 53.4 Å². The average molecular weight is 417 g/mol. The minimum atomic E-state index is -1.06. The molecule has 154 valence electrons. The van der Waals surface area contributed by atoms with Crippen molar-refractivity contribution in [1.29, 1.82) is 0 Å². The van der Waals surface area contributed by atoms with Gasteiger partial charge in [0.25, 0.3) is 0 Å². The molecule has 8 heteroatoms. The molecule has 0 bridgehead atoms. The van der Waals surface area contributed by atoms with Crippen LogP contribution in [0, 0.1) is 6.92 Å². The summed E-state index contributed by atoms with van der Waals surface area (Å²) in [6.07, 6.45) is 5.94. The molecular weight excluding hydrogens is 391 g/mol. The minimum absolute atomic E-state index is 0.364. The highest BCUT2D eigenvalue weighted by Crippen LogP contribution is 2.37. The Morgan fingerprint density at radius 1 is 1.24 bits per heavy atom. The molecule has 0 saturated carbocycles. The van der Waals surface area contributed by atoms with E-state index < -0.39 is 24.5 Å². The lowest BCUT2D eigenvalue weighted by Crippen LogP contribution is -2.41. The summed E-state index contributed by atoms with van der Waals surface area (Å²) in [4.78, 5) is 12.5. The highest BCUT2D eigenvalue weighted by molar-refractivity contribution is 6.62. The van der Waals surface area contributed by atoms with Crippen molar-refractivity contribution in [2.45, 2.75) is 52.0 Å². The molecule has 0 radical (unpaired) electrons. The third-order valence-electron chi connectivity index (χ3n) is 5.63. The van der Waals surface area contributed by atoms with E-state index in [0.29, 0.717) is 17.1 Å². The summed E-state index contributed by atoms with van der Waals surface area (Å²) >= 11 is 6.17. The number of allylic oxidation sites excluding steroid dienone is 3. The lowest BCUT2D eigenvalue weighted by molar-refractivity contribution is -0.114. The van der Waals surface area contributed by atoms with Gasteiger partial charge in [-0.3, -0.25) is 9.69 Å². The number of aliphatic hydroxyl groups excluding tert-OH is 1. The molecule has 2 aliphatic rings. The smallest absolute Gasteiger partial charge is 0.399 e. The highest BCUT2D eigenvalue weighted by Gasteiger charge is 2.52. The Hall–Kier alpha value is -2.06. The van der Waals surface area contributed by atoms with Crippen molar-refractivity contribution in [3.63, 3.8) is 0 Å². The summed E-state index contributed by atoms with van der Waals surface area (Å²) in [5.74, 6) is 0. The van der Waals surface area contributed by atoms with E-state index in [-0.39, 0.29) is 0 Å². The van der Waals surface area contributed by atoms with E-state index in [1.807, 2.05) is 52.8 Å². The highest BCUT2D eigenvalue weighted by atomic mass is 35.5. The second kappa shape index (κ2) is 7.99. The fourth-order valence-corrected chi connectivity index (χ4v) is 3.39. The van der Waals surface area contributed by atoms with E-state index in [2.05, 4.69) is 5.32 Å². The molecule has 2 aliphatic heterocycles. The Labute approximate surface area is 177 Å². The van der Waals surface area contributed by atoms with E-state index in [0.717, 1.165) is 16.7 Å². The second-order valence-corrected chi connectivity index (χ2v) is 8.53. The number of anilines is 1. The second-order valence-electron chi connectivity index (χ2n) is 8.12. The van der Waals surface area contributed by atoms with Crippen molar-refractivity contribution in [2.24, 2.45) is 0 Å². The van der Waals surface area contributed by atoms with Gasteiger partial charge in [0.2, 0.25) is 6.41 Å². The monoisotopic (exact) mass is 416 g/mol. The van der Waals surface area contributed by atoms with E-state index in [1.54, 1.807) is 18.4 Å². The van der Waals surface area contributed by atoms with Crippen molar-refractivity contribution in [3.8, 4) is 0 Å². The normalized spacial score (nSPS) is 22.6. The fraction of sp³-hybridized carbons (Fsp3) is 0.381. The Balaban J connectivity index is 1.82. The Morgan fingerprint density at radius 3 is 2.52 bits per heavy atom. The van der Waals surface area contributed by atoms with E-state index >= 15 is 0 Å². The summed E-state index contributed by atoms with van der Waals surface area (Å²) < 4.78 is 12.3. The van der Waals surface area contributed by atoms with Gasteiger partial charge in [-0.15, -0.1) is 0 Å². The van der Waals surface area contributed by atoms with Gasteiger partial charge in [0, 0.05) is 11.9 Å². The molecule has 1 saturated heterocycles. The minimum Gasteiger partial charge on any atom is -0.399 e. The third kappa shape index (κ3) is 4.28. The number of benzene rings is 1. The van der Waals surface area contributed by atoms with Crippen molar-refractivity contribution in [2.75, 3.05) is 5.32 Å². The summed E-state index contributed by atoms with van der Waals surface area (Å²) in [5, 5.41) is 13.9. The maximum atomic E-state index is 11.2. The fourth-order valence-electron chi connectivity index (χ4n) is 3.15. The summed E-state index contributed by atoms with van der Waals surface area (Å²) in [6, 6.07) is 5.69. The predicted octanol–water partition coefficient (Wildman–Crippen LogP) is 3.02. The van der Waals surface area contributed by atoms with Crippen LogP contribution < -0.4 is 10.8 Å². The molecule has 1 aromatic carbocycles. The molecule has 1 atom stereocenters. The van der Waals surface area contributed by atoms with Gasteiger partial charge in [0.1, 0.15) is 6.23 Å². The zero-order chi connectivity index (χ0) is 21.4. The van der Waals surface area contributed by atoms with Crippen LogP contribution in [0.5, 0.6) is 0 Å². The standard InChI is InChI=1S/C21H26BClN2O4/c1-14-15(22-28-20(2,3)21(4,5)29-22)8-6-10-17(14)24-19(27)12-18-16(23)9-7-11-25(18)13-26/h6-13,19,24,27H,1-5H3/b18-12-/t19-/m1/s1. The number of rotatable bonds is 5. The lowest BCUT2D eigenvalue weighted by Gasteiger charge is -2.32. The zero-order valence-corrected chi connectivity index (χ0v) is 18.0. The first kappa shape index (κ1) is 21.6. The number of nitrogens with one attached hydrogen (secondary N) is 1. The van der Waals surface area contributed by atoms with Crippen LogP contribution in [0.25, 0.3) is 0 Å². The zero-order valence-electron chi connectivity index (χ0n) is 17.3. The van der Waals surface area contributed by atoms with Crippen LogP contribution in [-0.4, -0.2) is 41.0 Å². The average Bonchev–Trinajstić information content (AvgIpc) is 2.86. The first-order valence-corrected chi connectivity index (χ1v) is 9.83. The van der Waals surface area contributed by atoms with Crippen LogP contribution in [0.1, 0.15) is 33.3 Å². The molecule has 0 aliphatic carbocycles. The molecule has 6 nitrogen and oxygen atoms in total. The van der Waals surface area contributed by atoms with Gasteiger partial charge in [-0.2, -0.15) is 0 Å². The molecule has 2 N–H and O–H groups in total. The molecule has 0 aromatic heterocycles. The lowest BCUT2D eigenvalue weighted by atomic mass is 9.76. The largest absolute Gasteiger partial charge is 0.495 e. The number of amides is 1. The topological polar surface area (TPSA) is 71.0 Å². The van der Waals surface area contributed by atoms with Crippen molar-refractivity contribution < 1.29 is 19.2 Å². The number of hydrogen-bond acceptors (Lipinski definition) is 5. The van der Waals surface area contributed by atoms with Crippen LogP contribution in [0.2, 0.25) is 0 Å². The first-order chi connectivity index (χ1) is 13.6. The van der Waals surface area contributed by atoms with Crippen LogP contribution in [0.3, 0.4) is 0 Å². The molecule has 2 heterocycles. The number of nitrogens with zero attached hydrogens (tertiary/aromatic N) is 1. The Bertz CT molecular complexity index is 879. The number of halogens is 1. The molecule has 3 rings (SSSR count). The molecule has 1 fully saturated rings. The summed E-state index contributed by atoms with van der Waals surface area (Å²) in [5.41, 5.74) is 2.05. The summed E-state index contributed by atoms with van der Waals surface area (Å²) in [7, 11) is -0.497.